The predicted octanol–water partition coefficient (Wildman–Crippen LogP) is 2.55. The normalized spacial score (nSPS) is 18.5. The highest BCUT2D eigenvalue weighted by Crippen LogP contribution is 2.32. The van der Waals surface area contributed by atoms with E-state index in [1.54, 1.807) is 12.1 Å². The molecule has 1 fully saturated rings. The number of benzene rings is 2. The van der Waals surface area contributed by atoms with Crippen LogP contribution in [-0.2, 0) is 6.54 Å². The Morgan fingerprint density at radius 1 is 1.05 bits per heavy atom. The Morgan fingerprint density at radius 3 is 2.65 bits per heavy atom. The zero-order chi connectivity index (χ0) is 25.4. The highest BCUT2D eigenvalue weighted by molar-refractivity contribution is 5.63. The lowest BCUT2D eigenvalue weighted by atomic mass is 10.1. The fourth-order valence-corrected chi connectivity index (χ4v) is 5.15. The van der Waals surface area contributed by atoms with E-state index in [4.69, 9.17) is 5.41 Å². The number of pyridine rings is 1. The van der Waals surface area contributed by atoms with E-state index in [9.17, 15) is 9.18 Å². The van der Waals surface area contributed by atoms with Gasteiger partial charge >= 0.3 is 0 Å². The third kappa shape index (κ3) is 4.44. The molecule has 6 rings (SSSR count). The number of anilines is 1. The summed E-state index contributed by atoms with van der Waals surface area (Å²) in [7, 11) is 0. The molecule has 2 aromatic carbocycles. The molecule has 2 aliphatic rings. The van der Waals surface area contributed by atoms with Crippen LogP contribution in [0.3, 0.4) is 0 Å². The van der Waals surface area contributed by atoms with E-state index < -0.39 is 5.95 Å². The maximum atomic E-state index is 13.5. The van der Waals surface area contributed by atoms with Gasteiger partial charge in [-0.25, -0.2) is 9.98 Å². The van der Waals surface area contributed by atoms with Crippen molar-refractivity contribution in [1.29, 1.82) is 5.41 Å². The van der Waals surface area contributed by atoms with Gasteiger partial charge in [0.2, 0.25) is 11.6 Å². The van der Waals surface area contributed by atoms with Gasteiger partial charge in [-0.3, -0.25) is 19.8 Å². The van der Waals surface area contributed by atoms with E-state index in [1.807, 2.05) is 59.2 Å². The van der Waals surface area contributed by atoms with E-state index in [1.165, 1.54) is 6.07 Å². The number of rotatable bonds is 6. The molecule has 0 amide bonds. The first-order chi connectivity index (χ1) is 18.1. The van der Waals surface area contributed by atoms with Gasteiger partial charge in [0.1, 0.15) is 16.5 Å². The molecule has 37 heavy (non-hydrogen) atoms. The maximum Gasteiger partial charge on any atom is 0.265 e. The van der Waals surface area contributed by atoms with Gasteiger partial charge < -0.3 is 10.6 Å². The summed E-state index contributed by atoms with van der Waals surface area (Å²) in [6, 6.07) is 22.1. The molecule has 4 N–H and O–H groups in total. The van der Waals surface area contributed by atoms with Gasteiger partial charge in [-0.1, -0.05) is 48.5 Å². The van der Waals surface area contributed by atoms with Crippen molar-refractivity contribution >= 4 is 11.5 Å². The second kappa shape index (κ2) is 9.50. The number of nitrogens with zero attached hydrogens (tertiary/aromatic N) is 3. The third-order valence-electron chi connectivity index (χ3n) is 6.95. The van der Waals surface area contributed by atoms with Crippen LogP contribution >= 0.6 is 0 Å². The van der Waals surface area contributed by atoms with Crippen LogP contribution in [0.25, 0.3) is 17.1 Å². The SMILES string of the molecule is N=c1/c(=C(\NCc2ccc(-c3cccc(F)n3)cc2)Nc2ccccc2)c(=O)[nH]c2n1[C@H]1CCC[C@H]1N=2. The van der Waals surface area contributed by atoms with E-state index in [-0.39, 0.29) is 28.3 Å². The van der Waals surface area contributed by atoms with Crippen LogP contribution in [0.5, 0.6) is 0 Å². The van der Waals surface area contributed by atoms with Crippen LogP contribution in [0, 0.1) is 11.4 Å². The van der Waals surface area contributed by atoms with Crippen LogP contribution in [0.2, 0.25) is 0 Å². The molecule has 8 nitrogen and oxygen atoms in total. The molecular weight excluding hydrogens is 469 g/mol. The van der Waals surface area contributed by atoms with Crippen molar-refractivity contribution in [3.63, 3.8) is 0 Å². The minimum atomic E-state index is -0.519. The number of aromatic nitrogens is 3. The average Bonchev–Trinajstić information content (AvgIpc) is 3.49. The summed E-state index contributed by atoms with van der Waals surface area (Å²) in [5, 5.41) is 15.9. The Bertz CT molecular complexity index is 1690. The predicted molar refractivity (Wildman–Crippen MR) is 138 cm³/mol. The molecule has 0 unspecified atom stereocenters. The first-order valence-corrected chi connectivity index (χ1v) is 12.4. The van der Waals surface area contributed by atoms with Crippen molar-refractivity contribution in [3.05, 3.63) is 111 Å². The van der Waals surface area contributed by atoms with Gasteiger partial charge in [0.25, 0.3) is 5.56 Å². The van der Waals surface area contributed by atoms with Gasteiger partial charge in [0.15, 0.2) is 0 Å². The topological polar surface area (TPSA) is 111 Å². The zero-order valence-corrected chi connectivity index (χ0v) is 20.0. The quantitative estimate of drug-likeness (QED) is 0.308. The van der Waals surface area contributed by atoms with Crippen LogP contribution in [0.1, 0.15) is 30.9 Å². The van der Waals surface area contributed by atoms with Crippen molar-refractivity contribution < 1.29 is 4.39 Å². The lowest BCUT2D eigenvalue weighted by Crippen LogP contribution is -2.56. The second-order valence-electron chi connectivity index (χ2n) is 9.33. The van der Waals surface area contributed by atoms with E-state index in [2.05, 4.69) is 25.6 Å². The molecule has 0 bridgehead atoms. The minimum Gasteiger partial charge on any atom is -0.367 e. The molecule has 0 radical (unpaired) electrons. The molecular formula is C28H26FN7O. The van der Waals surface area contributed by atoms with Crippen LogP contribution < -0.4 is 32.5 Å². The number of aromatic amines is 1. The first kappa shape index (κ1) is 22.9. The van der Waals surface area contributed by atoms with Crippen molar-refractivity contribution in [3.8, 4) is 11.3 Å². The smallest absolute Gasteiger partial charge is 0.265 e. The Hall–Kier alpha value is -4.53. The van der Waals surface area contributed by atoms with Crippen molar-refractivity contribution in [1.82, 2.24) is 19.9 Å². The van der Waals surface area contributed by atoms with Gasteiger partial charge in [0, 0.05) is 17.8 Å². The number of H-pyrrole nitrogens is 1. The third-order valence-corrected chi connectivity index (χ3v) is 6.95. The largest absolute Gasteiger partial charge is 0.367 e. The van der Waals surface area contributed by atoms with Gasteiger partial charge in [0.05, 0.1) is 17.8 Å². The summed E-state index contributed by atoms with van der Waals surface area (Å²) in [5.41, 5.74) is 3.39. The molecule has 9 heteroatoms. The highest BCUT2D eigenvalue weighted by Gasteiger charge is 2.34. The summed E-state index contributed by atoms with van der Waals surface area (Å²) in [6.07, 6.45) is 2.99. The summed E-state index contributed by atoms with van der Waals surface area (Å²) >= 11 is 0. The van der Waals surface area contributed by atoms with Crippen LogP contribution in [-0.4, -0.2) is 20.6 Å². The van der Waals surface area contributed by atoms with E-state index in [0.29, 0.717) is 23.7 Å². The number of nitrogens with one attached hydrogen (secondary N) is 4. The molecule has 2 atom stereocenters. The first-order valence-electron chi connectivity index (χ1n) is 12.4. The van der Waals surface area contributed by atoms with Gasteiger partial charge in [-0.15, -0.1) is 0 Å². The number of para-hydroxylation sites is 1. The van der Waals surface area contributed by atoms with E-state index in [0.717, 1.165) is 36.1 Å². The molecule has 0 saturated heterocycles. The number of fused-ring (bicyclic) bond motifs is 3. The van der Waals surface area contributed by atoms with E-state index >= 15 is 0 Å². The average molecular weight is 496 g/mol. The molecule has 1 aliphatic carbocycles. The summed E-state index contributed by atoms with van der Waals surface area (Å²) in [4.78, 5) is 24.7. The molecule has 2 aromatic heterocycles. The summed E-state index contributed by atoms with van der Waals surface area (Å²) in [6.45, 7) is 0.406. The zero-order valence-electron chi connectivity index (χ0n) is 20.0. The lowest BCUT2D eigenvalue weighted by molar-refractivity contribution is 0.475. The molecule has 4 aromatic rings. The standard InChI is InChI=1S/C28H26FN7O/c29-23-11-5-8-20(33-23)18-14-12-17(13-15-18)16-31-26(32-19-6-2-1-3-7-19)24-25(30)36-22-10-4-9-21(22)34-28(36)35-27(24)37/h1-3,5-8,11-15,21-22,30-32H,4,9-10,16H2,(H,34,35,37)/b26-24-,30-25?/t21-,22+/m1/s1. The fourth-order valence-electron chi connectivity index (χ4n) is 5.15. The molecule has 1 aliphatic heterocycles. The number of hydrogen-bond acceptors (Lipinski definition) is 6. The molecule has 3 heterocycles. The van der Waals surface area contributed by atoms with Crippen molar-refractivity contribution in [2.24, 2.45) is 4.99 Å². The minimum absolute atomic E-state index is 0.111. The van der Waals surface area contributed by atoms with Crippen LogP contribution in [0.15, 0.2) is 82.6 Å². The van der Waals surface area contributed by atoms with Gasteiger partial charge in [-0.2, -0.15) is 4.39 Å². The second-order valence-corrected chi connectivity index (χ2v) is 9.33. The van der Waals surface area contributed by atoms with Crippen LogP contribution in [0.4, 0.5) is 10.1 Å². The number of halogens is 1. The molecule has 1 saturated carbocycles. The molecule has 0 spiro atoms. The summed E-state index contributed by atoms with van der Waals surface area (Å²) in [5.74, 6) is -0.0695. The maximum absolute atomic E-state index is 13.5. The monoisotopic (exact) mass is 495 g/mol. The Labute approximate surface area is 211 Å². The number of hydrogen-bond donors (Lipinski definition) is 4. The Kier molecular flexibility index (Phi) is 5.88. The van der Waals surface area contributed by atoms with Crippen molar-refractivity contribution in [2.45, 2.75) is 37.9 Å². The fraction of sp³-hybridized carbons (Fsp3) is 0.214. The highest BCUT2D eigenvalue weighted by atomic mass is 19.1. The van der Waals surface area contributed by atoms with Crippen molar-refractivity contribution in [2.75, 3.05) is 5.32 Å². The lowest BCUT2D eigenvalue weighted by Gasteiger charge is -2.16. The van der Waals surface area contributed by atoms with Gasteiger partial charge in [-0.05, 0) is 49.1 Å². The molecule has 186 valence electrons. The Morgan fingerprint density at radius 2 is 1.86 bits per heavy atom. The Balaban J connectivity index is 1.37. The summed E-state index contributed by atoms with van der Waals surface area (Å²) < 4.78 is 15.4.